The smallest absolute Gasteiger partial charge is 0.0702 e. The first-order valence-electron chi connectivity index (χ1n) is 6.95. The lowest BCUT2D eigenvalue weighted by Crippen LogP contribution is -2.52. The number of hydrogen-bond donors (Lipinski definition) is 2. The summed E-state index contributed by atoms with van der Waals surface area (Å²) in [5.74, 6) is 0. The molecule has 1 aliphatic rings. The minimum absolute atomic E-state index is 0.0614. The Morgan fingerprint density at radius 2 is 2.24 bits per heavy atom. The van der Waals surface area contributed by atoms with Crippen molar-refractivity contribution in [2.75, 3.05) is 26.3 Å². The molecule has 0 amide bonds. The SMILES string of the molecule is CCCC(N)C(CO)N(CC)CC1CCCO1. The minimum Gasteiger partial charge on any atom is -0.395 e. The molecule has 1 aliphatic heterocycles. The van der Waals surface area contributed by atoms with Crippen LogP contribution in [0.2, 0.25) is 0 Å². The van der Waals surface area contributed by atoms with Crippen molar-refractivity contribution in [2.45, 2.75) is 57.7 Å². The Labute approximate surface area is 105 Å². The molecule has 1 fully saturated rings. The number of likely N-dealkylation sites (N-methyl/N-ethyl adjacent to an activating group) is 1. The van der Waals surface area contributed by atoms with Gasteiger partial charge in [-0.2, -0.15) is 0 Å². The van der Waals surface area contributed by atoms with Gasteiger partial charge in [-0.15, -0.1) is 0 Å². The van der Waals surface area contributed by atoms with Gasteiger partial charge < -0.3 is 15.6 Å². The predicted octanol–water partition coefficient (Wildman–Crippen LogP) is 0.976. The number of aliphatic hydroxyl groups is 1. The molecule has 0 aromatic carbocycles. The van der Waals surface area contributed by atoms with Gasteiger partial charge in [0.2, 0.25) is 0 Å². The quantitative estimate of drug-likeness (QED) is 0.668. The molecule has 17 heavy (non-hydrogen) atoms. The average molecular weight is 244 g/mol. The standard InChI is InChI=1S/C13H28N2O2/c1-3-6-12(14)13(10-16)15(4-2)9-11-7-5-8-17-11/h11-13,16H,3-10,14H2,1-2H3. The summed E-state index contributed by atoms with van der Waals surface area (Å²) in [6, 6.07) is 0.135. The maximum Gasteiger partial charge on any atom is 0.0702 e. The van der Waals surface area contributed by atoms with Crippen molar-refractivity contribution in [1.82, 2.24) is 4.90 Å². The Bertz CT molecular complexity index is 196. The number of aliphatic hydroxyl groups excluding tert-OH is 1. The molecule has 0 saturated carbocycles. The predicted molar refractivity (Wildman–Crippen MR) is 70.0 cm³/mol. The molecule has 4 nitrogen and oxygen atoms in total. The zero-order valence-electron chi connectivity index (χ0n) is 11.3. The molecule has 102 valence electrons. The second kappa shape index (κ2) is 8.03. The molecule has 1 saturated heterocycles. The molecule has 0 aromatic rings. The third-order valence-electron chi connectivity index (χ3n) is 3.64. The van der Waals surface area contributed by atoms with E-state index in [9.17, 15) is 5.11 Å². The Kier molecular flexibility index (Phi) is 7.04. The van der Waals surface area contributed by atoms with Gasteiger partial charge in [0.15, 0.2) is 0 Å². The highest BCUT2D eigenvalue weighted by atomic mass is 16.5. The third kappa shape index (κ3) is 4.54. The van der Waals surface area contributed by atoms with E-state index in [-0.39, 0.29) is 18.7 Å². The number of ether oxygens (including phenoxy) is 1. The second-order valence-corrected chi connectivity index (χ2v) is 4.93. The summed E-state index contributed by atoms with van der Waals surface area (Å²) in [5, 5.41) is 9.54. The first kappa shape index (κ1) is 14.9. The average Bonchev–Trinajstić information content (AvgIpc) is 2.81. The fourth-order valence-electron chi connectivity index (χ4n) is 2.60. The lowest BCUT2D eigenvalue weighted by Gasteiger charge is -2.34. The molecule has 0 bridgehead atoms. The van der Waals surface area contributed by atoms with Crippen molar-refractivity contribution in [1.29, 1.82) is 0 Å². The van der Waals surface area contributed by atoms with Crippen LogP contribution in [0.15, 0.2) is 0 Å². The molecule has 0 radical (unpaired) electrons. The van der Waals surface area contributed by atoms with Crippen LogP contribution in [0.4, 0.5) is 0 Å². The molecule has 4 heteroatoms. The maximum atomic E-state index is 9.54. The Balaban J connectivity index is 2.48. The van der Waals surface area contributed by atoms with E-state index in [0.29, 0.717) is 6.10 Å². The van der Waals surface area contributed by atoms with E-state index >= 15 is 0 Å². The molecule has 3 atom stereocenters. The van der Waals surface area contributed by atoms with E-state index in [1.165, 1.54) is 0 Å². The van der Waals surface area contributed by atoms with Gasteiger partial charge in [0.25, 0.3) is 0 Å². The summed E-state index contributed by atoms with van der Waals surface area (Å²) in [7, 11) is 0. The van der Waals surface area contributed by atoms with Gasteiger partial charge in [-0.05, 0) is 25.8 Å². The van der Waals surface area contributed by atoms with Gasteiger partial charge in [-0.3, -0.25) is 4.90 Å². The largest absolute Gasteiger partial charge is 0.395 e. The number of nitrogens with two attached hydrogens (primary N) is 1. The van der Waals surface area contributed by atoms with Gasteiger partial charge in [0.1, 0.15) is 0 Å². The van der Waals surface area contributed by atoms with Crippen LogP contribution < -0.4 is 5.73 Å². The molecular formula is C13H28N2O2. The van der Waals surface area contributed by atoms with Crippen LogP contribution in [0.3, 0.4) is 0 Å². The van der Waals surface area contributed by atoms with E-state index in [2.05, 4.69) is 18.7 Å². The molecule has 0 aliphatic carbocycles. The third-order valence-corrected chi connectivity index (χ3v) is 3.64. The fourth-order valence-corrected chi connectivity index (χ4v) is 2.60. The Morgan fingerprint density at radius 3 is 2.71 bits per heavy atom. The van der Waals surface area contributed by atoms with Crippen molar-refractivity contribution in [3.8, 4) is 0 Å². The molecule has 3 N–H and O–H groups in total. The van der Waals surface area contributed by atoms with Crippen molar-refractivity contribution < 1.29 is 9.84 Å². The van der Waals surface area contributed by atoms with E-state index in [1.807, 2.05) is 0 Å². The van der Waals surface area contributed by atoms with Gasteiger partial charge in [0.05, 0.1) is 12.7 Å². The van der Waals surface area contributed by atoms with Gasteiger partial charge >= 0.3 is 0 Å². The number of nitrogens with zero attached hydrogens (tertiary/aromatic N) is 1. The molecular weight excluding hydrogens is 216 g/mol. The summed E-state index contributed by atoms with van der Waals surface area (Å²) in [6.45, 7) is 7.09. The molecule has 1 rings (SSSR count). The van der Waals surface area contributed by atoms with E-state index < -0.39 is 0 Å². The second-order valence-electron chi connectivity index (χ2n) is 4.93. The zero-order chi connectivity index (χ0) is 12.7. The van der Waals surface area contributed by atoms with Gasteiger partial charge in [0, 0.05) is 25.2 Å². The summed E-state index contributed by atoms with van der Waals surface area (Å²) in [5.41, 5.74) is 6.15. The highest BCUT2D eigenvalue weighted by Crippen LogP contribution is 2.16. The van der Waals surface area contributed by atoms with Crippen molar-refractivity contribution >= 4 is 0 Å². The minimum atomic E-state index is 0.0614. The van der Waals surface area contributed by atoms with Crippen LogP contribution in [0.5, 0.6) is 0 Å². The van der Waals surface area contributed by atoms with Crippen LogP contribution in [0.1, 0.15) is 39.5 Å². The fraction of sp³-hybridized carbons (Fsp3) is 1.00. The maximum absolute atomic E-state index is 9.54. The van der Waals surface area contributed by atoms with E-state index in [0.717, 1.165) is 45.4 Å². The van der Waals surface area contributed by atoms with Crippen LogP contribution >= 0.6 is 0 Å². The lowest BCUT2D eigenvalue weighted by atomic mass is 10.0. The van der Waals surface area contributed by atoms with Crippen LogP contribution in [-0.4, -0.2) is 54.5 Å². The molecule has 3 unspecified atom stereocenters. The summed E-state index contributed by atoms with van der Waals surface area (Å²) >= 11 is 0. The first-order chi connectivity index (χ1) is 8.22. The highest BCUT2D eigenvalue weighted by Gasteiger charge is 2.26. The van der Waals surface area contributed by atoms with E-state index in [1.54, 1.807) is 0 Å². The lowest BCUT2D eigenvalue weighted by molar-refractivity contribution is 0.0364. The van der Waals surface area contributed by atoms with Gasteiger partial charge in [-0.1, -0.05) is 20.3 Å². The van der Waals surface area contributed by atoms with Gasteiger partial charge in [-0.25, -0.2) is 0 Å². The Hall–Kier alpha value is -0.160. The first-order valence-corrected chi connectivity index (χ1v) is 6.95. The monoisotopic (exact) mass is 244 g/mol. The Morgan fingerprint density at radius 1 is 1.47 bits per heavy atom. The number of rotatable bonds is 8. The topological polar surface area (TPSA) is 58.7 Å². The highest BCUT2D eigenvalue weighted by molar-refractivity contribution is 4.83. The molecule has 0 spiro atoms. The summed E-state index contributed by atoms with van der Waals surface area (Å²) in [4.78, 5) is 2.27. The van der Waals surface area contributed by atoms with Crippen molar-refractivity contribution in [3.05, 3.63) is 0 Å². The normalized spacial score (nSPS) is 24.2. The summed E-state index contributed by atoms with van der Waals surface area (Å²) in [6.07, 6.45) is 4.66. The van der Waals surface area contributed by atoms with Crippen molar-refractivity contribution in [2.24, 2.45) is 5.73 Å². The van der Waals surface area contributed by atoms with Crippen molar-refractivity contribution in [3.63, 3.8) is 0 Å². The molecule has 1 heterocycles. The van der Waals surface area contributed by atoms with Crippen LogP contribution in [-0.2, 0) is 4.74 Å². The number of hydrogen-bond acceptors (Lipinski definition) is 4. The zero-order valence-corrected chi connectivity index (χ0v) is 11.3. The van der Waals surface area contributed by atoms with Crippen LogP contribution in [0.25, 0.3) is 0 Å². The molecule has 0 aromatic heterocycles. The summed E-state index contributed by atoms with van der Waals surface area (Å²) < 4.78 is 5.66. The van der Waals surface area contributed by atoms with Crippen LogP contribution in [0, 0.1) is 0 Å². The van der Waals surface area contributed by atoms with E-state index in [4.69, 9.17) is 10.5 Å².